The smallest absolute Gasteiger partial charge is 0.335 e. The summed E-state index contributed by atoms with van der Waals surface area (Å²) in [4.78, 5) is 20.1. The standard InChI is InChI=1S/C25H19FN4O3/c1-14-23(15(2)33-29-14)18-10-22-24(28-11-18)19(16-5-7-17(8-6-16)25(31)32)12-30(22)13-21-20(26)4-3-9-27-21/h3-12H,13H2,1-2H3,(H,31,32). The first-order chi connectivity index (χ1) is 15.9. The van der Waals surface area contributed by atoms with Crippen molar-refractivity contribution in [2.24, 2.45) is 0 Å². The van der Waals surface area contributed by atoms with E-state index in [-0.39, 0.29) is 17.9 Å². The molecule has 0 saturated carbocycles. The maximum atomic E-state index is 14.4. The van der Waals surface area contributed by atoms with Crippen molar-refractivity contribution in [2.45, 2.75) is 20.4 Å². The summed E-state index contributed by atoms with van der Waals surface area (Å²) in [5.41, 5.74) is 6.09. The van der Waals surface area contributed by atoms with Crippen LogP contribution >= 0.6 is 0 Å². The van der Waals surface area contributed by atoms with Crippen molar-refractivity contribution in [3.05, 3.63) is 89.6 Å². The van der Waals surface area contributed by atoms with Crippen molar-refractivity contribution in [1.82, 2.24) is 19.7 Å². The lowest BCUT2D eigenvalue weighted by molar-refractivity contribution is 0.0697. The molecule has 0 unspecified atom stereocenters. The summed E-state index contributed by atoms with van der Waals surface area (Å²) in [5.74, 6) is -0.689. The van der Waals surface area contributed by atoms with Gasteiger partial charge in [0.2, 0.25) is 0 Å². The van der Waals surface area contributed by atoms with Crippen LogP contribution in [0.2, 0.25) is 0 Å². The van der Waals surface area contributed by atoms with Crippen molar-refractivity contribution in [3.8, 4) is 22.3 Å². The number of carbonyl (C=O) groups is 1. The number of pyridine rings is 2. The zero-order chi connectivity index (χ0) is 23.1. The van der Waals surface area contributed by atoms with Crippen LogP contribution < -0.4 is 0 Å². The van der Waals surface area contributed by atoms with E-state index in [2.05, 4.69) is 10.1 Å². The first-order valence-corrected chi connectivity index (χ1v) is 10.3. The van der Waals surface area contributed by atoms with Gasteiger partial charge in [0.05, 0.1) is 34.5 Å². The van der Waals surface area contributed by atoms with Gasteiger partial charge in [-0.3, -0.25) is 9.97 Å². The van der Waals surface area contributed by atoms with Crippen LogP contribution in [0.4, 0.5) is 4.39 Å². The highest BCUT2D eigenvalue weighted by Crippen LogP contribution is 2.34. The molecule has 0 spiro atoms. The number of rotatable bonds is 5. The van der Waals surface area contributed by atoms with Crippen molar-refractivity contribution >= 4 is 17.0 Å². The summed E-state index contributed by atoms with van der Waals surface area (Å²) in [7, 11) is 0. The molecule has 5 aromatic rings. The summed E-state index contributed by atoms with van der Waals surface area (Å²) in [6.45, 7) is 3.92. The van der Waals surface area contributed by atoms with Crippen molar-refractivity contribution < 1.29 is 18.8 Å². The lowest BCUT2D eigenvalue weighted by Crippen LogP contribution is -2.03. The van der Waals surface area contributed by atoms with Gasteiger partial charge < -0.3 is 14.2 Å². The van der Waals surface area contributed by atoms with E-state index in [9.17, 15) is 14.3 Å². The number of fused-ring (bicyclic) bond motifs is 1. The third-order valence-corrected chi connectivity index (χ3v) is 5.64. The van der Waals surface area contributed by atoms with Crippen LogP contribution in [0.5, 0.6) is 0 Å². The van der Waals surface area contributed by atoms with Crippen LogP contribution in [-0.4, -0.2) is 30.8 Å². The Kier molecular flexibility index (Phi) is 4.97. The minimum Gasteiger partial charge on any atom is -0.478 e. The number of carboxylic acid groups (broad SMARTS) is 1. The number of aryl methyl sites for hydroxylation is 2. The molecule has 0 amide bonds. The lowest BCUT2D eigenvalue weighted by atomic mass is 10.0. The number of aromatic carboxylic acids is 1. The maximum absolute atomic E-state index is 14.4. The minimum absolute atomic E-state index is 0.201. The van der Waals surface area contributed by atoms with E-state index in [1.807, 2.05) is 30.7 Å². The van der Waals surface area contributed by atoms with Gasteiger partial charge in [0.25, 0.3) is 0 Å². The van der Waals surface area contributed by atoms with E-state index in [4.69, 9.17) is 9.51 Å². The monoisotopic (exact) mass is 442 g/mol. The van der Waals surface area contributed by atoms with Gasteiger partial charge in [-0.1, -0.05) is 17.3 Å². The van der Waals surface area contributed by atoms with Gasteiger partial charge >= 0.3 is 5.97 Å². The van der Waals surface area contributed by atoms with Crippen LogP contribution in [0, 0.1) is 19.7 Å². The Bertz CT molecular complexity index is 1480. The minimum atomic E-state index is -0.989. The zero-order valence-electron chi connectivity index (χ0n) is 17.9. The van der Waals surface area contributed by atoms with Crippen LogP contribution in [-0.2, 0) is 6.54 Å². The van der Waals surface area contributed by atoms with Crippen molar-refractivity contribution in [1.29, 1.82) is 0 Å². The Morgan fingerprint density at radius 1 is 1.12 bits per heavy atom. The number of aromatic nitrogens is 4. The molecule has 7 nitrogen and oxygen atoms in total. The lowest BCUT2D eigenvalue weighted by Gasteiger charge is -2.07. The molecule has 0 bridgehead atoms. The highest BCUT2D eigenvalue weighted by atomic mass is 19.1. The average molecular weight is 442 g/mol. The van der Waals surface area contributed by atoms with Gasteiger partial charge in [-0.2, -0.15) is 0 Å². The average Bonchev–Trinajstić information content (AvgIpc) is 3.34. The van der Waals surface area contributed by atoms with E-state index in [0.29, 0.717) is 17.0 Å². The molecule has 1 N–H and O–H groups in total. The quantitative estimate of drug-likeness (QED) is 0.399. The number of nitrogens with zero attached hydrogens (tertiary/aromatic N) is 4. The highest BCUT2D eigenvalue weighted by molar-refractivity contribution is 5.96. The molecule has 0 aliphatic carbocycles. The first-order valence-electron chi connectivity index (χ1n) is 10.3. The van der Waals surface area contributed by atoms with Gasteiger partial charge in [-0.05, 0) is 49.7 Å². The molecule has 5 rings (SSSR count). The van der Waals surface area contributed by atoms with Crippen LogP contribution in [0.3, 0.4) is 0 Å². The summed E-state index contributed by atoms with van der Waals surface area (Å²) in [5, 5.41) is 13.2. The van der Waals surface area contributed by atoms with Gasteiger partial charge in [0.15, 0.2) is 0 Å². The number of hydrogen-bond acceptors (Lipinski definition) is 5. The molecule has 0 aliphatic rings. The molecule has 0 saturated heterocycles. The molecule has 4 heterocycles. The fourth-order valence-corrected chi connectivity index (χ4v) is 4.03. The molecule has 0 aliphatic heterocycles. The predicted octanol–water partition coefficient (Wildman–Crippen LogP) is 5.26. The van der Waals surface area contributed by atoms with Crippen LogP contribution in [0.25, 0.3) is 33.3 Å². The zero-order valence-corrected chi connectivity index (χ0v) is 17.9. The Labute approximate surface area is 188 Å². The van der Waals surface area contributed by atoms with Gasteiger partial charge in [0.1, 0.15) is 11.6 Å². The molecule has 1 aromatic carbocycles. The molecule has 164 valence electrons. The first kappa shape index (κ1) is 20.6. The molecular formula is C25H19FN4O3. The number of benzene rings is 1. The molecular weight excluding hydrogens is 423 g/mol. The molecule has 33 heavy (non-hydrogen) atoms. The van der Waals surface area contributed by atoms with E-state index in [1.54, 1.807) is 42.7 Å². The Morgan fingerprint density at radius 3 is 2.58 bits per heavy atom. The summed E-state index contributed by atoms with van der Waals surface area (Å²) < 4.78 is 21.6. The van der Waals surface area contributed by atoms with E-state index < -0.39 is 5.97 Å². The van der Waals surface area contributed by atoms with Gasteiger partial charge in [-0.25, -0.2) is 9.18 Å². The van der Waals surface area contributed by atoms with Crippen molar-refractivity contribution in [2.75, 3.05) is 0 Å². The molecule has 4 aromatic heterocycles. The predicted molar refractivity (Wildman–Crippen MR) is 120 cm³/mol. The normalized spacial score (nSPS) is 11.2. The Morgan fingerprint density at radius 2 is 1.91 bits per heavy atom. The Hall–Kier alpha value is -4.33. The fraction of sp³-hybridized carbons (Fsp3) is 0.120. The van der Waals surface area contributed by atoms with Crippen LogP contribution in [0.1, 0.15) is 27.5 Å². The second kappa shape index (κ2) is 7.98. The number of hydrogen-bond donors (Lipinski definition) is 1. The summed E-state index contributed by atoms with van der Waals surface area (Å²) in [6.07, 6.45) is 5.21. The maximum Gasteiger partial charge on any atom is 0.335 e. The number of halogens is 1. The van der Waals surface area contributed by atoms with E-state index >= 15 is 0 Å². The summed E-state index contributed by atoms with van der Waals surface area (Å²) >= 11 is 0. The third-order valence-electron chi connectivity index (χ3n) is 5.64. The Balaban J connectivity index is 1.69. The second-order valence-corrected chi connectivity index (χ2v) is 7.78. The number of carboxylic acids is 1. The third kappa shape index (κ3) is 3.65. The largest absolute Gasteiger partial charge is 0.478 e. The summed E-state index contributed by atoms with van der Waals surface area (Å²) in [6, 6.07) is 11.5. The van der Waals surface area contributed by atoms with E-state index in [1.165, 1.54) is 6.07 Å². The fourth-order valence-electron chi connectivity index (χ4n) is 4.03. The second-order valence-electron chi connectivity index (χ2n) is 7.78. The van der Waals surface area contributed by atoms with E-state index in [0.717, 1.165) is 33.5 Å². The highest BCUT2D eigenvalue weighted by Gasteiger charge is 2.18. The molecule has 0 atom stereocenters. The topological polar surface area (TPSA) is 94.0 Å². The molecule has 0 fully saturated rings. The van der Waals surface area contributed by atoms with Gasteiger partial charge in [0, 0.05) is 35.3 Å². The molecule has 0 radical (unpaired) electrons. The van der Waals surface area contributed by atoms with Gasteiger partial charge in [-0.15, -0.1) is 0 Å². The SMILES string of the molecule is Cc1noc(C)c1-c1cnc2c(-c3ccc(C(=O)O)cc3)cn(Cc3ncccc3F)c2c1. The van der Waals surface area contributed by atoms with Crippen molar-refractivity contribution in [3.63, 3.8) is 0 Å². The van der Waals surface area contributed by atoms with Crippen LogP contribution in [0.15, 0.2) is 65.6 Å². The molecule has 8 heteroatoms.